The van der Waals surface area contributed by atoms with Gasteiger partial charge in [-0.2, -0.15) is 9.61 Å². The van der Waals surface area contributed by atoms with Gasteiger partial charge in [-0.05, 0) is 31.9 Å². The fourth-order valence-corrected chi connectivity index (χ4v) is 5.65. The number of hydrogen-bond acceptors (Lipinski definition) is 7. The second-order valence-electron chi connectivity index (χ2n) is 7.55. The van der Waals surface area contributed by atoms with Gasteiger partial charge in [0.05, 0.1) is 11.4 Å². The molecule has 9 heteroatoms. The van der Waals surface area contributed by atoms with Gasteiger partial charge in [0.15, 0.2) is 0 Å². The topological polar surface area (TPSA) is 78.0 Å². The third-order valence-electron chi connectivity index (χ3n) is 5.32. The number of fused-ring (bicyclic) bond motifs is 1. The molecule has 0 spiro atoms. The summed E-state index contributed by atoms with van der Waals surface area (Å²) in [4.78, 5) is 22.0. The van der Waals surface area contributed by atoms with Crippen LogP contribution in [0.3, 0.4) is 0 Å². The van der Waals surface area contributed by atoms with Crippen molar-refractivity contribution < 1.29 is 0 Å². The first-order valence-corrected chi connectivity index (χ1v) is 12.0. The van der Waals surface area contributed by atoms with Crippen molar-refractivity contribution in [3.63, 3.8) is 0 Å². The van der Waals surface area contributed by atoms with E-state index in [1.54, 1.807) is 11.8 Å². The second kappa shape index (κ2) is 8.31. The van der Waals surface area contributed by atoms with Crippen molar-refractivity contribution in [2.75, 3.05) is 0 Å². The second-order valence-corrected chi connectivity index (χ2v) is 9.53. The van der Waals surface area contributed by atoms with Crippen LogP contribution in [0.15, 0.2) is 46.3 Å². The van der Waals surface area contributed by atoms with Gasteiger partial charge in [-0.25, -0.2) is 14.6 Å². The number of rotatable bonds is 5. The minimum absolute atomic E-state index is 0.143. The lowest BCUT2D eigenvalue weighted by molar-refractivity contribution is 0.422. The van der Waals surface area contributed by atoms with Gasteiger partial charge in [-0.15, -0.1) is 5.10 Å². The Bertz CT molecular complexity index is 1220. The molecule has 0 bridgehead atoms. The van der Waals surface area contributed by atoms with Gasteiger partial charge in [0.2, 0.25) is 10.1 Å². The molecule has 154 valence electrons. The first kappa shape index (κ1) is 19.4. The summed E-state index contributed by atoms with van der Waals surface area (Å²) in [6.45, 7) is 1.82. The van der Waals surface area contributed by atoms with Gasteiger partial charge in [-0.3, -0.25) is 4.79 Å². The molecule has 3 heterocycles. The summed E-state index contributed by atoms with van der Waals surface area (Å²) in [6.07, 6.45) is 6.15. The SMILES string of the molecule is Cc1cc(=O)n2nc(CSc3nc(C4CCCCC4)n(-c4ccccc4)n3)sc2n1. The molecule has 4 aromatic rings. The van der Waals surface area contributed by atoms with E-state index in [9.17, 15) is 4.79 Å². The molecule has 3 aromatic heterocycles. The van der Waals surface area contributed by atoms with Crippen LogP contribution in [-0.4, -0.2) is 29.4 Å². The predicted molar refractivity (Wildman–Crippen MR) is 119 cm³/mol. The van der Waals surface area contributed by atoms with Crippen molar-refractivity contribution in [2.24, 2.45) is 0 Å². The third-order valence-corrected chi connectivity index (χ3v) is 7.26. The Hall–Kier alpha value is -2.52. The van der Waals surface area contributed by atoms with E-state index in [-0.39, 0.29) is 5.56 Å². The largest absolute Gasteiger partial charge is 0.275 e. The summed E-state index contributed by atoms with van der Waals surface area (Å²) in [5, 5.41) is 10.8. The molecule has 0 N–H and O–H groups in total. The molecule has 1 saturated carbocycles. The number of thioether (sulfide) groups is 1. The average Bonchev–Trinajstić information content (AvgIpc) is 3.38. The standard InChI is InChI=1S/C21H22N6OS2/c1-14-12-18(28)27-21(22-14)30-17(24-27)13-29-20-23-19(15-8-4-2-5-9-15)26(25-20)16-10-6-3-7-11-16/h3,6-7,10-12,15H,2,4-5,8-9,13H2,1H3. The van der Waals surface area contributed by atoms with Gasteiger partial charge in [-0.1, -0.05) is 60.6 Å². The van der Waals surface area contributed by atoms with Crippen molar-refractivity contribution in [3.8, 4) is 5.69 Å². The molecular weight excluding hydrogens is 416 g/mol. The number of nitrogens with zero attached hydrogens (tertiary/aromatic N) is 6. The fraction of sp³-hybridized carbons (Fsp3) is 0.381. The quantitative estimate of drug-likeness (QED) is 0.430. The molecule has 1 fully saturated rings. The first-order chi connectivity index (χ1) is 14.7. The summed E-state index contributed by atoms with van der Waals surface area (Å²) in [5.74, 6) is 2.12. The lowest BCUT2D eigenvalue weighted by atomic mass is 9.88. The van der Waals surface area contributed by atoms with Crippen LogP contribution >= 0.6 is 23.1 Å². The number of aromatic nitrogens is 6. The third kappa shape index (κ3) is 3.91. The van der Waals surface area contributed by atoms with E-state index >= 15 is 0 Å². The Labute approximate surface area is 182 Å². The van der Waals surface area contributed by atoms with Crippen LogP contribution in [0.1, 0.15) is 54.5 Å². The molecular formula is C21H22N6OS2. The molecule has 0 unspecified atom stereocenters. The van der Waals surface area contributed by atoms with Crippen LogP contribution in [0.2, 0.25) is 0 Å². The lowest BCUT2D eigenvalue weighted by Crippen LogP contribution is -2.14. The Morgan fingerprint density at radius 3 is 2.70 bits per heavy atom. The van der Waals surface area contributed by atoms with Gasteiger partial charge in [0.1, 0.15) is 10.8 Å². The smallest absolute Gasteiger partial charge is 0.267 e. The Balaban J connectivity index is 1.42. The Kier molecular flexibility index (Phi) is 5.39. The monoisotopic (exact) mass is 438 g/mol. The molecule has 1 aliphatic carbocycles. The predicted octanol–water partition coefficient (Wildman–Crippen LogP) is 4.38. The molecule has 0 amide bonds. The molecule has 1 aromatic carbocycles. The zero-order valence-electron chi connectivity index (χ0n) is 16.7. The van der Waals surface area contributed by atoms with Crippen LogP contribution in [0.4, 0.5) is 0 Å². The molecule has 0 radical (unpaired) electrons. The van der Waals surface area contributed by atoms with E-state index in [1.807, 2.05) is 29.8 Å². The molecule has 0 atom stereocenters. The fourth-order valence-electron chi connectivity index (χ4n) is 3.89. The van der Waals surface area contributed by atoms with Crippen molar-refractivity contribution in [2.45, 2.75) is 55.9 Å². The van der Waals surface area contributed by atoms with Gasteiger partial charge < -0.3 is 0 Å². The van der Waals surface area contributed by atoms with Crippen molar-refractivity contribution >= 4 is 28.1 Å². The minimum Gasteiger partial charge on any atom is -0.267 e. The van der Waals surface area contributed by atoms with Crippen LogP contribution in [0, 0.1) is 6.92 Å². The molecule has 7 nitrogen and oxygen atoms in total. The van der Waals surface area contributed by atoms with Gasteiger partial charge in [0.25, 0.3) is 5.56 Å². The summed E-state index contributed by atoms with van der Waals surface area (Å²) >= 11 is 2.99. The molecule has 0 aliphatic heterocycles. The summed E-state index contributed by atoms with van der Waals surface area (Å²) in [5.41, 5.74) is 1.61. The number of hydrogen-bond donors (Lipinski definition) is 0. The highest BCUT2D eigenvalue weighted by Crippen LogP contribution is 2.34. The van der Waals surface area contributed by atoms with E-state index in [4.69, 9.17) is 10.1 Å². The Morgan fingerprint density at radius 2 is 1.90 bits per heavy atom. The van der Waals surface area contributed by atoms with Crippen LogP contribution in [-0.2, 0) is 5.75 Å². The van der Waals surface area contributed by atoms with Crippen LogP contribution in [0.5, 0.6) is 0 Å². The van der Waals surface area contributed by atoms with Gasteiger partial charge in [0, 0.05) is 17.7 Å². The maximum absolute atomic E-state index is 12.1. The maximum Gasteiger partial charge on any atom is 0.275 e. The summed E-state index contributed by atoms with van der Waals surface area (Å²) in [6, 6.07) is 11.7. The lowest BCUT2D eigenvalue weighted by Gasteiger charge is -2.21. The van der Waals surface area contributed by atoms with E-state index in [0.717, 1.165) is 21.7 Å². The summed E-state index contributed by atoms with van der Waals surface area (Å²) < 4.78 is 3.38. The van der Waals surface area contributed by atoms with Crippen molar-refractivity contribution in [1.82, 2.24) is 29.4 Å². The molecule has 1 aliphatic rings. The highest BCUT2D eigenvalue weighted by Gasteiger charge is 2.23. The number of benzene rings is 1. The van der Waals surface area contributed by atoms with Crippen molar-refractivity contribution in [1.29, 1.82) is 0 Å². The average molecular weight is 439 g/mol. The van der Waals surface area contributed by atoms with E-state index in [2.05, 4.69) is 22.2 Å². The van der Waals surface area contributed by atoms with Crippen LogP contribution < -0.4 is 5.56 Å². The van der Waals surface area contributed by atoms with E-state index in [0.29, 0.717) is 22.3 Å². The highest BCUT2D eigenvalue weighted by atomic mass is 32.2. The summed E-state index contributed by atoms with van der Waals surface area (Å²) in [7, 11) is 0. The molecule has 30 heavy (non-hydrogen) atoms. The Morgan fingerprint density at radius 1 is 1.10 bits per heavy atom. The minimum atomic E-state index is -0.143. The molecule has 0 saturated heterocycles. The van der Waals surface area contributed by atoms with Crippen molar-refractivity contribution in [3.05, 3.63) is 63.3 Å². The van der Waals surface area contributed by atoms with Gasteiger partial charge >= 0.3 is 0 Å². The number of para-hydroxylation sites is 1. The zero-order chi connectivity index (χ0) is 20.5. The first-order valence-electron chi connectivity index (χ1n) is 10.2. The van der Waals surface area contributed by atoms with E-state index < -0.39 is 0 Å². The van der Waals surface area contributed by atoms with E-state index in [1.165, 1.54) is 54.0 Å². The highest BCUT2D eigenvalue weighted by molar-refractivity contribution is 7.98. The maximum atomic E-state index is 12.1. The molecule has 5 rings (SSSR count). The normalized spacial score (nSPS) is 15.1. The zero-order valence-corrected chi connectivity index (χ0v) is 18.3. The van der Waals surface area contributed by atoms with Crippen LogP contribution in [0.25, 0.3) is 10.6 Å². The number of aryl methyl sites for hydroxylation is 1.